The molecule has 1 saturated carbocycles. The number of para-hydroxylation sites is 1. The predicted molar refractivity (Wildman–Crippen MR) is 77.9 cm³/mol. The van der Waals surface area contributed by atoms with Gasteiger partial charge in [-0.15, -0.1) is 0 Å². The van der Waals surface area contributed by atoms with Crippen LogP contribution in [0.2, 0.25) is 0 Å². The van der Waals surface area contributed by atoms with Gasteiger partial charge in [-0.05, 0) is 25.3 Å². The minimum Gasteiger partial charge on any atom is -0.496 e. The Morgan fingerprint density at radius 1 is 1.35 bits per heavy atom. The summed E-state index contributed by atoms with van der Waals surface area (Å²) in [7, 11) is 1.64. The van der Waals surface area contributed by atoms with Crippen molar-refractivity contribution in [3.8, 4) is 5.75 Å². The van der Waals surface area contributed by atoms with Crippen LogP contribution in [-0.4, -0.2) is 31.3 Å². The normalized spacial score (nSPS) is 16.9. The van der Waals surface area contributed by atoms with Gasteiger partial charge in [0.25, 0.3) is 0 Å². The van der Waals surface area contributed by atoms with Crippen LogP contribution in [0.4, 0.5) is 0 Å². The van der Waals surface area contributed by atoms with E-state index >= 15 is 0 Å². The maximum atomic E-state index is 12.7. The summed E-state index contributed by atoms with van der Waals surface area (Å²) in [5.41, 5.74) is 0.517. The molecule has 110 valence electrons. The lowest BCUT2D eigenvalue weighted by molar-refractivity contribution is -0.126. The number of methoxy groups -OCH3 is 1. The first-order chi connectivity index (χ1) is 9.74. The lowest BCUT2D eigenvalue weighted by Crippen LogP contribution is -2.43. The zero-order chi connectivity index (χ0) is 14.4. The molecule has 2 N–H and O–H groups in total. The van der Waals surface area contributed by atoms with Gasteiger partial charge in [-0.2, -0.15) is 0 Å². The van der Waals surface area contributed by atoms with E-state index in [1.807, 2.05) is 24.3 Å². The molecule has 2 rings (SSSR count). The third-order valence-corrected chi connectivity index (χ3v) is 4.13. The van der Waals surface area contributed by atoms with Crippen molar-refractivity contribution in [2.45, 2.75) is 37.5 Å². The van der Waals surface area contributed by atoms with Gasteiger partial charge in [-0.25, -0.2) is 0 Å². The number of ether oxygens (including phenoxy) is 1. The summed E-state index contributed by atoms with van der Waals surface area (Å²) in [5, 5.41) is 11.8. The van der Waals surface area contributed by atoms with Crippen LogP contribution < -0.4 is 10.1 Å². The number of carbonyl (C=O) groups is 1. The largest absolute Gasteiger partial charge is 0.496 e. The summed E-state index contributed by atoms with van der Waals surface area (Å²) in [4.78, 5) is 12.7. The molecule has 1 aliphatic rings. The third kappa shape index (κ3) is 2.80. The second kappa shape index (κ2) is 6.75. The number of nitrogens with one attached hydrogen (secondary N) is 1. The molecule has 4 heteroatoms. The second-order valence-electron chi connectivity index (χ2n) is 5.32. The Balaban J connectivity index is 2.27. The number of aliphatic hydroxyl groups is 1. The monoisotopic (exact) mass is 277 g/mol. The Bertz CT molecular complexity index is 453. The summed E-state index contributed by atoms with van der Waals surface area (Å²) < 4.78 is 5.44. The Kier molecular flexibility index (Phi) is 5.01. The molecule has 0 spiro atoms. The number of carbonyl (C=O) groups excluding carboxylic acids is 1. The molecule has 0 saturated heterocycles. The number of amides is 1. The number of benzene rings is 1. The van der Waals surface area contributed by atoms with Gasteiger partial charge in [-0.1, -0.05) is 31.0 Å². The molecule has 0 unspecified atom stereocenters. The van der Waals surface area contributed by atoms with Crippen molar-refractivity contribution >= 4 is 5.91 Å². The van der Waals surface area contributed by atoms with Gasteiger partial charge in [0, 0.05) is 18.7 Å². The molecule has 4 nitrogen and oxygen atoms in total. The van der Waals surface area contributed by atoms with E-state index in [0.29, 0.717) is 13.0 Å². The molecule has 0 aliphatic heterocycles. The first kappa shape index (κ1) is 14.9. The molecule has 1 aromatic rings. The van der Waals surface area contributed by atoms with Crippen molar-refractivity contribution in [3.63, 3.8) is 0 Å². The van der Waals surface area contributed by atoms with Gasteiger partial charge in [0.2, 0.25) is 5.91 Å². The van der Waals surface area contributed by atoms with Crippen LogP contribution in [0.3, 0.4) is 0 Å². The first-order valence-electron chi connectivity index (χ1n) is 7.27. The Labute approximate surface area is 120 Å². The van der Waals surface area contributed by atoms with Crippen molar-refractivity contribution in [1.82, 2.24) is 5.32 Å². The number of hydrogen-bond acceptors (Lipinski definition) is 3. The maximum Gasteiger partial charge on any atom is 0.230 e. The van der Waals surface area contributed by atoms with Crippen LogP contribution in [0.15, 0.2) is 24.3 Å². The highest BCUT2D eigenvalue weighted by Crippen LogP contribution is 2.44. The van der Waals surface area contributed by atoms with E-state index in [1.165, 1.54) is 0 Å². The van der Waals surface area contributed by atoms with E-state index in [9.17, 15) is 4.79 Å². The predicted octanol–water partition coefficient (Wildman–Crippen LogP) is 2.01. The van der Waals surface area contributed by atoms with Crippen LogP contribution in [-0.2, 0) is 10.2 Å². The summed E-state index contributed by atoms with van der Waals surface area (Å²) in [6, 6.07) is 7.79. The molecule has 1 aliphatic carbocycles. The summed E-state index contributed by atoms with van der Waals surface area (Å²) in [6.07, 6.45) is 4.43. The molecular weight excluding hydrogens is 254 g/mol. The van der Waals surface area contributed by atoms with E-state index < -0.39 is 5.41 Å². The lowest BCUT2D eigenvalue weighted by Gasteiger charge is -2.29. The van der Waals surface area contributed by atoms with E-state index in [2.05, 4.69) is 5.32 Å². The Morgan fingerprint density at radius 2 is 2.05 bits per heavy atom. The average molecular weight is 277 g/mol. The average Bonchev–Trinajstić information content (AvgIpc) is 2.98. The van der Waals surface area contributed by atoms with E-state index in [-0.39, 0.29) is 12.5 Å². The van der Waals surface area contributed by atoms with Crippen LogP contribution in [0, 0.1) is 0 Å². The molecule has 0 radical (unpaired) electrons. The zero-order valence-corrected chi connectivity index (χ0v) is 12.0. The summed E-state index contributed by atoms with van der Waals surface area (Å²) >= 11 is 0. The van der Waals surface area contributed by atoms with Crippen molar-refractivity contribution in [2.24, 2.45) is 0 Å². The highest BCUT2D eigenvalue weighted by atomic mass is 16.5. The molecule has 0 heterocycles. The van der Waals surface area contributed by atoms with Gasteiger partial charge in [0.15, 0.2) is 0 Å². The van der Waals surface area contributed by atoms with Gasteiger partial charge in [0.05, 0.1) is 12.5 Å². The second-order valence-corrected chi connectivity index (χ2v) is 5.32. The fraction of sp³-hybridized carbons (Fsp3) is 0.562. The van der Waals surface area contributed by atoms with Crippen LogP contribution >= 0.6 is 0 Å². The van der Waals surface area contributed by atoms with Crippen molar-refractivity contribution in [2.75, 3.05) is 20.3 Å². The van der Waals surface area contributed by atoms with Gasteiger partial charge in [-0.3, -0.25) is 4.79 Å². The zero-order valence-electron chi connectivity index (χ0n) is 12.0. The molecule has 0 aromatic heterocycles. The van der Waals surface area contributed by atoms with Crippen molar-refractivity contribution in [3.05, 3.63) is 29.8 Å². The van der Waals surface area contributed by atoms with E-state index in [0.717, 1.165) is 37.0 Å². The molecule has 0 atom stereocenters. The molecule has 20 heavy (non-hydrogen) atoms. The summed E-state index contributed by atoms with van der Waals surface area (Å²) in [6.45, 7) is 0.619. The maximum absolute atomic E-state index is 12.7. The molecule has 1 amide bonds. The smallest absolute Gasteiger partial charge is 0.230 e. The molecule has 0 bridgehead atoms. The van der Waals surface area contributed by atoms with Gasteiger partial charge < -0.3 is 15.2 Å². The minimum atomic E-state index is -0.470. The fourth-order valence-electron chi connectivity index (χ4n) is 3.09. The van der Waals surface area contributed by atoms with Gasteiger partial charge in [0.1, 0.15) is 5.75 Å². The first-order valence-corrected chi connectivity index (χ1v) is 7.27. The molecular formula is C16H23NO3. The van der Waals surface area contributed by atoms with E-state index in [1.54, 1.807) is 7.11 Å². The lowest BCUT2D eigenvalue weighted by atomic mass is 9.77. The van der Waals surface area contributed by atoms with Gasteiger partial charge >= 0.3 is 0 Å². The SMILES string of the molecule is COc1ccccc1C1(C(=O)NCCCO)CCCC1. The topological polar surface area (TPSA) is 58.6 Å². The number of aliphatic hydroxyl groups excluding tert-OH is 1. The highest BCUT2D eigenvalue weighted by Gasteiger charge is 2.44. The number of hydrogen-bond donors (Lipinski definition) is 2. The fourth-order valence-corrected chi connectivity index (χ4v) is 3.09. The van der Waals surface area contributed by atoms with Crippen LogP contribution in [0.5, 0.6) is 5.75 Å². The summed E-state index contributed by atoms with van der Waals surface area (Å²) in [5.74, 6) is 0.847. The number of rotatable bonds is 6. The third-order valence-electron chi connectivity index (χ3n) is 4.13. The standard InChI is InChI=1S/C16H23NO3/c1-20-14-8-3-2-7-13(14)16(9-4-5-10-16)15(19)17-11-6-12-18/h2-3,7-8,18H,4-6,9-12H2,1H3,(H,17,19). The van der Waals surface area contributed by atoms with Crippen LogP contribution in [0.1, 0.15) is 37.7 Å². The Hall–Kier alpha value is -1.55. The highest BCUT2D eigenvalue weighted by molar-refractivity contribution is 5.89. The van der Waals surface area contributed by atoms with Crippen molar-refractivity contribution in [1.29, 1.82) is 0 Å². The van der Waals surface area contributed by atoms with E-state index in [4.69, 9.17) is 9.84 Å². The van der Waals surface area contributed by atoms with Crippen LogP contribution in [0.25, 0.3) is 0 Å². The Morgan fingerprint density at radius 3 is 2.70 bits per heavy atom. The quantitative estimate of drug-likeness (QED) is 0.782. The molecule has 1 aromatic carbocycles. The minimum absolute atomic E-state index is 0.0629. The van der Waals surface area contributed by atoms with Crippen molar-refractivity contribution < 1.29 is 14.6 Å². The molecule has 1 fully saturated rings.